The minimum atomic E-state index is -1.22. The van der Waals surface area contributed by atoms with Crippen LogP contribution in [0, 0.1) is 6.92 Å². The summed E-state index contributed by atoms with van der Waals surface area (Å²) in [6.07, 6.45) is -1.22. The van der Waals surface area contributed by atoms with E-state index in [0.29, 0.717) is 16.1 Å². The number of nitrogens with one attached hydrogen (secondary N) is 1. The number of nitrogens with zero attached hydrogens (tertiary/aromatic N) is 1. The van der Waals surface area contributed by atoms with Crippen LogP contribution in [0.5, 0.6) is 0 Å². The Labute approximate surface area is 226 Å². The van der Waals surface area contributed by atoms with E-state index in [-0.39, 0.29) is 27.6 Å². The van der Waals surface area contributed by atoms with Crippen molar-refractivity contribution in [2.45, 2.75) is 26.9 Å². The number of carbonyl (C=O) groups is 4. The lowest BCUT2D eigenvalue weighted by Crippen LogP contribution is -2.30. The Bertz CT molecular complexity index is 1510. The molecule has 1 amide bonds. The number of benzene rings is 2. The standard InChI is InChI=1S/C27H24N2O7S2/c1-5-35-27(33)21-14(2)20(26(32)34-4)24(38-21)29-22(30)15(3)36-25(31)17-11-7-6-10-16(17)23-28-18-12-8-9-13-19(18)37-23/h6-13,15H,5H2,1-4H3,(H,29,30). The predicted octanol–water partition coefficient (Wildman–Crippen LogP) is 5.48. The Morgan fingerprint density at radius 2 is 1.68 bits per heavy atom. The van der Waals surface area contributed by atoms with Crippen molar-refractivity contribution in [2.24, 2.45) is 0 Å². The van der Waals surface area contributed by atoms with Gasteiger partial charge in [0.1, 0.15) is 14.9 Å². The third kappa shape index (κ3) is 5.43. The van der Waals surface area contributed by atoms with Crippen LogP contribution in [0.1, 0.15) is 49.8 Å². The highest BCUT2D eigenvalue weighted by molar-refractivity contribution is 7.21. The largest absolute Gasteiger partial charge is 0.465 e. The summed E-state index contributed by atoms with van der Waals surface area (Å²) in [5, 5.41) is 3.34. The first kappa shape index (κ1) is 27.0. The van der Waals surface area contributed by atoms with Crippen LogP contribution < -0.4 is 5.32 Å². The van der Waals surface area contributed by atoms with Gasteiger partial charge in [-0.1, -0.05) is 30.3 Å². The van der Waals surface area contributed by atoms with E-state index in [4.69, 9.17) is 14.2 Å². The summed E-state index contributed by atoms with van der Waals surface area (Å²) in [6.45, 7) is 4.79. The van der Waals surface area contributed by atoms with Crippen LogP contribution in [0.2, 0.25) is 0 Å². The van der Waals surface area contributed by atoms with E-state index in [1.807, 2.05) is 24.3 Å². The summed E-state index contributed by atoms with van der Waals surface area (Å²) in [6, 6.07) is 14.5. The first-order chi connectivity index (χ1) is 18.2. The molecule has 1 unspecified atom stereocenters. The van der Waals surface area contributed by atoms with Crippen LogP contribution in [0.15, 0.2) is 48.5 Å². The van der Waals surface area contributed by atoms with Crippen molar-refractivity contribution in [3.63, 3.8) is 0 Å². The first-order valence-corrected chi connectivity index (χ1v) is 13.2. The van der Waals surface area contributed by atoms with Crippen molar-refractivity contribution in [3.8, 4) is 10.6 Å². The lowest BCUT2D eigenvalue weighted by molar-refractivity contribution is -0.123. The summed E-state index contributed by atoms with van der Waals surface area (Å²) in [5.74, 6) is -2.73. The van der Waals surface area contributed by atoms with Crippen molar-refractivity contribution in [3.05, 3.63) is 70.1 Å². The number of hydrogen-bond acceptors (Lipinski definition) is 10. The fourth-order valence-electron chi connectivity index (χ4n) is 3.67. The van der Waals surface area contributed by atoms with Crippen LogP contribution in [-0.2, 0) is 19.0 Å². The second-order valence-electron chi connectivity index (χ2n) is 8.04. The Morgan fingerprint density at radius 1 is 0.974 bits per heavy atom. The molecule has 9 nitrogen and oxygen atoms in total. The Kier molecular flexibility index (Phi) is 8.18. The Hall–Kier alpha value is -4.09. The molecule has 1 N–H and O–H groups in total. The lowest BCUT2D eigenvalue weighted by Gasteiger charge is -2.14. The molecule has 2 heterocycles. The van der Waals surface area contributed by atoms with E-state index in [1.54, 1.807) is 38.1 Å². The average molecular weight is 553 g/mol. The monoisotopic (exact) mass is 552 g/mol. The number of aromatic nitrogens is 1. The summed E-state index contributed by atoms with van der Waals surface area (Å²) in [5.41, 5.74) is 2.03. The second-order valence-corrected chi connectivity index (χ2v) is 10.1. The van der Waals surface area contributed by atoms with Crippen molar-refractivity contribution < 1.29 is 33.4 Å². The van der Waals surface area contributed by atoms with Crippen LogP contribution in [-0.4, -0.2) is 48.6 Å². The number of anilines is 1. The molecule has 0 radical (unpaired) electrons. The van der Waals surface area contributed by atoms with Gasteiger partial charge in [-0.25, -0.2) is 19.4 Å². The van der Waals surface area contributed by atoms with E-state index in [0.717, 1.165) is 21.6 Å². The van der Waals surface area contributed by atoms with Gasteiger partial charge in [0.2, 0.25) is 0 Å². The molecule has 0 spiro atoms. The molecule has 196 valence electrons. The number of amides is 1. The van der Waals surface area contributed by atoms with Crippen LogP contribution in [0.4, 0.5) is 5.00 Å². The number of thiazole rings is 1. The third-order valence-corrected chi connectivity index (χ3v) is 7.82. The van der Waals surface area contributed by atoms with E-state index >= 15 is 0 Å². The highest BCUT2D eigenvalue weighted by Crippen LogP contribution is 2.35. The molecule has 11 heteroatoms. The first-order valence-electron chi connectivity index (χ1n) is 11.6. The fraction of sp³-hybridized carbons (Fsp3) is 0.222. The van der Waals surface area contributed by atoms with Gasteiger partial charge in [-0.15, -0.1) is 22.7 Å². The number of ether oxygens (including phenoxy) is 3. The number of esters is 3. The maximum atomic E-state index is 13.1. The summed E-state index contributed by atoms with van der Waals surface area (Å²) >= 11 is 2.33. The summed E-state index contributed by atoms with van der Waals surface area (Å²) < 4.78 is 16.3. The molecule has 0 aliphatic rings. The van der Waals surface area contributed by atoms with Gasteiger partial charge in [-0.3, -0.25) is 4.79 Å². The van der Waals surface area contributed by atoms with Gasteiger partial charge in [-0.2, -0.15) is 0 Å². The van der Waals surface area contributed by atoms with E-state index in [9.17, 15) is 19.2 Å². The molecule has 38 heavy (non-hydrogen) atoms. The number of fused-ring (bicyclic) bond motifs is 1. The molecule has 0 aliphatic heterocycles. The maximum absolute atomic E-state index is 13.1. The van der Waals surface area contributed by atoms with E-state index in [1.165, 1.54) is 25.4 Å². The average Bonchev–Trinajstić information content (AvgIpc) is 3.49. The van der Waals surface area contributed by atoms with Crippen molar-refractivity contribution >= 4 is 61.7 Å². The molecular weight excluding hydrogens is 528 g/mol. The quantitative estimate of drug-likeness (QED) is 0.225. The van der Waals surface area contributed by atoms with Gasteiger partial charge >= 0.3 is 17.9 Å². The van der Waals surface area contributed by atoms with Gasteiger partial charge in [0, 0.05) is 5.56 Å². The van der Waals surface area contributed by atoms with Crippen LogP contribution in [0.25, 0.3) is 20.8 Å². The molecule has 0 saturated heterocycles. The molecule has 0 bridgehead atoms. The minimum absolute atomic E-state index is 0.0358. The van der Waals surface area contributed by atoms with Crippen molar-refractivity contribution in [1.82, 2.24) is 4.98 Å². The molecule has 0 saturated carbocycles. The molecule has 4 aromatic rings. The predicted molar refractivity (Wildman–Crippen MR) is 145 cm³/mol. The van der Waals surface area contributed by atoms with Gasteiger partial charge in [0.05, 0.1) is 35.1 Å². The van der Waals surface area contributed by atoms with Gasteiger partial charge in [0.15, 0.2) is 6.10 Å². The third-order valence-electron chi connectivity index (χ3n) is 5.56. The van der Waals surface area contributed by atoms with Crippen molar-refractivity contribution in [2.75, 3.05) is 19.0 Å². The smallest absolute Gasteiger partial charge is 0.348 e. The zero-order chi connectivity index (χ0) is 27.4. The molecule has 0 fully saturated rings. The summed E-state index contributed by atoms with van der Waals surface area (Å²) in [4.78, 5) is 55.6. The van der Waals surface area contributed by atoms with Gasteiger partial charge < -0.3 is 19.5 Å². The molecule has 2 aromatic heterocycles. The Morgan fingerprint density at radius 3 is 2.39 bits per heavy atom. The zero-order valence-electron chi connectivity index (χ0n) is 21.0. The SMILES string of the molecule is CCOC(=O)c1sc(NC(=O)C(C)OC(=O)c2ccccc2-c2nc3ccccc3s2)c(C(=O)OC)c1C. The molecule has 4 rings (SSSR count). The Balaban J connectivity index is 1.55. The minimum Gasteiger partial charge on any atom is -0.465 e. The number of rotatable bonds is 8. The zero-order valence-corrected chi connectivity index (χ0v) is 22.7. The number of hydrogen-bond donors (Lipinski definition) is 1. The molecular formula is C27H24N2O7S2. The second kappa shape index (κ2) is 11.5. The summed E-state index contributed by atoms with van der Waals surface area (Å²) in [7, 11) is 1.20. The van der Waals surface area contributed by atoms with Crippen LogP contribution in [0.3, 0.4) is 0 Å². The van der Waals surface area contributed by atoms with Gasteiger partial charge in [-0.05, 0) is 44.5 Å². The van der Waals surface area contributed by atoms with E-state index in [2.05, 4.69) is 10.3 Å². The molecule has 0 aliphatic carbocycles. The van der Waals surface area contributed by atoms with Crippen LogP contribution >= 0.6 is 22.7 Å². The van der Waals surface area contributed by atoms with Gasteiger partial charge in [0.25, 0.3) is 5.91 Å². The number of carbonyl (C=O) groups excluding carboxylic acids is 4. The fourth-order valence-corrected chi connectivity index (χ4v) is 5.76. The molecule has 1 atom stereocenters. The normalized spacial score (nSPS) is 11.6. The maximum Gasteiger partial charge on any atom is 0.348 e. The van der Waals surface area contributed by atoms with E-state index < -0.39 is 29.9 Å². The number of thiophene rings is 1. The lowest BCUT2D eigenvalue weighted by atomic mass is 10.1. The highest BCUT2D eigenvalue weighted by Gasteiger charge is 2.29. The number of methoxy groups -OCH3 is 1. The topological polar surface area (TPSA) is 121 Å². The number of para-hydroxylation sites is 1. The molecule has 2 aromatic carbocycles. The van der Waals surface area contributed by atoms with Crippen molar-refractivity contribution in [1.29, 1.82) is 0 Å². The highest BCUT2D eigenvalue weighted by atomic mass is 32.1.